The maximum Gasteiger partial charge on any atom is 0.271 e. The Bertz CT molecular complexity index is 1060. The third-order valence-corrected chi connectivity index (χ3v) is 6.19. The molecule has 2 aliphatic rings. The molecule has 1 fully saturated rings. The van der Waals surface area contributed by atoms with Crippen LogP contribution in [0, 0.1) is 10.1 Å². The number of ether oxygens (including phenoxy) is 2. The van der Waals surface area contributed by atoms with E-state index in [2.05, 4.69) is 15.1 Å². The number of non-ortho nitro benzene ring substituents is 1. The molecule has 1 amide bonds. The van der Waals surface area contributed by atoms with Gasteiger partial charge in [0.05, 0.1) is 17.6 Å². The van der Waals surface area contributed by atoms with Gasteiger partial charge < -0.3 is 19.7 Å². The summed E-state index contributed by atoms with van der Waals surface area (Å²) in [5.74, 6) is 1.38. The average molecular weight is 467 g/mol. The van der Waals surface area contributed by atoms with Crippen molar-refractivity contribution in [2.75, 3.05) is 57.9 Å². The van der Waals surface area contributed by atoms with Crippen molar-refractivity contribution < 1.29 is 19.2 Å². The van der Waals surface area contributed by atoms with Crippen LogP contribution >= 0.6 is 0 Å². The van der Waals surface area contributed by atoms with E-state index >= 15 is 0 Å². The van der Waals surface area contributed by atoms with Gasteiger partial charge in [0, 0.05) is 56.1 Å². The molecule has 1 saturated heterocycles. The fourth-order valence-corrected chi connectivity index (χ4v) is 4.22. The normalized spacial score (nSPS) is 15.7. The number of fused-ring (bicyclic) bond motifs is 1. The number of carbonyl (C=O) groups is 1. The number of nitro benzene ring substituents is 1. The highest BCUT2D eigenvalue weighted by Gasteiger charge is 2.19. The second-order valence-electron chi connectivity index (χ2n) is 8.43. The van der Waals surface area contributed by atoms with Gasteiger partial charge in [0.15, 0.2) is 0 Å². The van der Waals surface area contributed by atoms with Crippen molar-refractivity contribution in [3.63, 3.8) is 0 Å². The number of rotatable bonds is 9. The molecule has 34 heavy (non-hydrogen) atoms. The zero-order valence-electron chi connectivity index (χ0n) is 19.4. The molecule has 4 rings (SSSR count). The number of unbranched alkanes of at least 4 members (excludes halogenated alkanes) is 1. The standard InChI is InChI=1S/C25H30N4O5/c1-33-23-7-8-24-19(16-23)15-20(18-34-24)25(30)26-9-2-3-10-27-11-13-28(14-12-27)21-5-4-6-22(17-21)29(31)32/h4-8,15-17H,2-3,9-14,18H2,1H3,(H,26,30). The van der Waals surface area contributed by atoms with Crippen LogP contribution in [0.5, 0.6) is 11.5 Å². The summed E-state index contributed by atoms with van der Waals surface area (Å²) in [6.07, 6.45) is 3.75. The van der Waals surface area contributed by atoms with Crippen molar-refractivity contribution in [2.24, 2.45) is 0 Å². The molecule has 0 unspecified atom stereocenters. The Balaban J connectivity index is 1.15. The molecule has 0 bridgehead atoms. The Morgan fingerprint density at radius 1 is 1.15 bits per heavy atom. The molecule has 0 aromatic heterocycles. The molecule has 2 aromatic rings. The summed E-state index contributed by atoms with van der Waals surface area (Å²) in [6, 6.07) is 12.4. The van der Waals surface area contributed by atoms with Crippen LogP contribution in [0.25, 0.3) is 6.08 Å². The highest BCUT2D eigenvalue weighted by molar-refractivity contribution is 5.99. The van der Waals surface area contributed by atoms with Crippen LogP contribution in [0.15, 0.2) is 48.0 Å². The van der Waals surface area contributed by atoms with Gasteiger partial charge in [0.2, 0.25) is 0 Å². The number of benzene rings is 2. The van der Waals surface area contributed by atoms with Crippen molar-refractivity contribution in [1.82, 2.24) is 10.2 Å². The lowest BCUT2D eigenvalue weighted by molar-refractivity contribution is -0.384. The molecule has 0 saturated carbocycles. The fourth-order valence-electron chi connectivity index (χ4n) is 4.22. The molecule has 0 aliphatic carbocycles. The van der Waals surface area contributed by atoms with Crippen LogP contribution in [0.3, 0.4) is 0 Å². The minimum absolute atomic E-state index is 0.0981. The van der Waals surface area contributed by atoms with E-state index in [1.54, 1.807) is 19.2 Å². The minimum Gasteiger partial charge on any atom is -0.497 e. The molecule has 0 atom stereocenters. The average Bonchev–Trinajstić information content (AvgIpc) is 2.88. The van der Waals surface area contributed by atoms with Crippen molar-refractivity contribution in [3.8, 4) is 11.5 Å². The van der Waals surface area contributed by atoms with E-state index in [0.29, 0.717) is 12.1 Å². The third kappa shape index (κ3) is 5.85. The predicted octanol–water partition coefficient (Wildman–Crippen LogP) is 3.10. The number of piperazine rings is 1. The summed E-state index contributed by atoms with van der Waals surface area (Å²) in [4.78, 5) is 27.8. The Morgan fingerprint density at radius 3 is 2.74 bits per heavy atom. The summed E-state index contributed by atoms with van der Waals surface area (Å²) in [7, 11) is 1.61. The van der Waals surface area contributed by atoms with Crippen LogP contribution in [-0.4, -0.2) is 68.7 Å². The molecule has 180 valence electrons. The quantitative estimate of drug-likeness (QED) is 0.345. The van der Waals surface area contributed by atoms with Crippen molar-refractivity contribution in [1.29, 1.82) is 0 Å². The van der Waals surface area contributed by atoms with Gasteiger partial charge in [-0.3, -0.25) is 19.8 Å². The second-order valence-corrected chi connectivity index (χ2v) is 8.43. The van der Waals surface area contributed by atoms with Gasteiger partial charge in [0.25, 0.3) is 11.6 Å². The summed E-state index contributed by atoms with van der Waals surface area (Å²) >= 11 is 0. The number of methoxy groups -OCH3 is 1. The monoisotopic (exact) mass is 466 g/mol. The number of nitrogens with one attached hydrogen (secondary N) is 1. The van der Waals surface area contributed by atoms with E-state index in [1.807, 2.05) is 30.3 Å². The molecule has 2 aromatic carbocycles. The Kier molecular flexibility index (Phi) is 7.64. The number of hydrogen-bond donors (Lipinski definition) is 1. The first kappa shape index (κ1) is 23.6. The number of amides is 1. The summed E-state index contributed by atoms with van der Waals surface area (Å²) in [6.45, 7) is 5.38. The molecular formula is C25H30N4O5. The number of hydrogen-bond acceptors (Lipinski definition) is 7. The van der Waals surface area contributed by atoms with E-state index in [1.165, 1.54) is 6.07 Å². The molecule has 0 radical (unpaired) electrons. The van der Waals surface area contributed by atoms with Gasteiger partial charge in [-0.1, -0.05) is 6.07 Å². The summed E-state index contributed by atoms with van der Waals surface area (Å²) in [5, 5.41) is 14.0. The van der Waals surface area contributed by atoms with E-state index < -0.39 is 0 Å². The predicted molar refractivity (Wildman–Crippen MR) is 130 cm³/mol. The first-order valence-electron chi connectivity index (χ1n) is 11.5. The first-order chi connectivity index (χ1) is 16.5. The van der Waals surface area contributed by atoms with E-state index in [-0.39, 0.29) is 23.1 Å². The highest BCUT2D eigenvalue weighted by atomic mass is 16.6. The zero-order chi connectivity index (χ0) is 23.9. The molecule has 9 nitrogen and oxygen atoms in total. The lowest BCUT2D eigenvalue weighted by Crippen LogP contribution is -2.46. The van der Waals surface area contributed by atoms with Crippen LogP contribution < -0.4 is 19.7 Å². The van der Waals surface area contributed by atoms with E-state index in [0.717, 1.165) is 68.3 Å². The van der Waals surface area contributed by atoms with Gasteiger partial charge in [0.1, 0.15) is 18.1 Å². The number of nitrogens with zero attached hydrogens (tertiary/aromatic N) is 3. The van der Waals surface area contributed by atoms with E-state index in [9.17, 15) is 14.9 Å². The lowest BCUT2D eigenvalue weighted by atomic mass is 10.1. The minimum atomic E-state index is -0.355. The smallest absolute Gasteiger partial charge is 0.271 e. The van der Waals surface area contributed by atoms with Gasteiger partial charge in [-0.2, -0.15) is 0 Å². The molecule has 1 N–H and O–H groups in total. The SMILES string of the molecule is COc1ccc2c(c1)C=C(C(=O)NCCCCN1CCN(c3cccc([N+](=O)[O-])c3)CC1)CO2. The Labute approximate surface area is 199 Å². The second kappa shape index (κ2) is 11.0. The lowest BCUT2D eigenvalue weighted by Gasteiger charge is -2.36. The number of nitro groups is 1. The molecule has 2 aliphatic heterocycles. The van der Waals surface area contributed by atoms with Crippen LogP contribution in [-0.2, 0) is 4.79 Å². The number of anilines is 1. The van der Waals surface area contributed by atoms with Gasteiger partial charge >= 0.3 is 0 Å². The van der Waals surface area contributed by atoms with Crippen molar-refractivity contribution in [3.05, 3.63) is 63.7 Å². The third-order valence-electron chi connectivity index (χ3n) is 6.19. The van der Waals surface area contributed by atoms with Crippen molar-refractivity contribution >= 4 is 23.4 Å². The van der Waals surface area contributed by atoms with Gasteiger partial charge in [-0.05, 0) is 49.7 Å². The molecule has 0 spiro atoms. The van der Waals surface area contributed by atoms with Crippen molar-refractivity contribution in [2.45, 2.75) is 12.8 Å². The molecule has 9 heteroatoms. The molecule has 2 heterocycles. The van der Waals surface area contributed by atoms with Crippen LogP contribution in [0.1, 0.15) is 18.4 Å². The van der Waals surface area contributed by atoms with Crippen LogP contribution in [0.2, 0.25) is 0 Å². The van der Waals surface area contributed by atoms with E-state index in [4.69, 9.17) is 9.47 Å². The first-order valence-corrected chi connectivity index (χ1v) is 11.5. The highest BCUT2D eigenvalue weighted by Crippen LogP contribution is 2.30. The van der Waals surface area contributed by atoms with Crippen LogP contribution in [0.4, 0.5) is 11.4 Å². The maximum atomic E-state index is 12.5. The summed E-state index contributed by atoms with van der Waals surface area (Å²) < 4.78 is 10.9. The largest absolute Gasteiger partial charge is 0.497 e. The Morgan fingerprint density at radius 2 is 1.97 bits per heavy atom. The zero-order valence-corrected chi connectivity index (χ0v) is 19.4. The topological polar surface area (TPSA) is 97.2 Å². The molecular weight excluding hydrogens is 436 g/mol. The van der Waals surface area contributed by atoms with Gasteiger partial charge in [-0.15, -0.1) is 0 Å². The maximum absolute atomic E-state index is 12.5. The Hall–Kier alpha value is -3.59. The summed E-state index contributed by atoms with van der Waals surface area (Å²) in [5.41, 5.74) is 2.48. The van der Waals surface area contributed by atoms with Gasteiger partial charge in [-0.25, -0.2) is 0 Å². The fraction of sp³-hybridized carbons (Fsp3) is 0.400. The number of carbonyl (C=O) groups excluding carboxylic acids is 1.